The summed E-state index contributed by atoms with van der Waals surface area (Å²) in [7, 11) is 0. The maximum absolute atomic E-state index is 12.7. The van der Waals surface area contributed by atoms with Crippen LogP contribution in [0.5, 0.6) is 11.5 Å². The number of thioether (sulfide) groups is 1. The lowest BCUT2D eigenvalue weighted by molar-refractivity contribution is -0.123. The molecule has 4 aromatic rings. The first-order valence-corrected chi connectivity index (χ1v) is 14.3. The SMILES string of the molecule is CCOC(=O)c1ccc(NC(=O)CSc2nnc(CNC(=O)COc3ccccc3)n2-c2ccc(OCC)cc2)cc1. The third-order valence-corrected chi connectivity index (χ3v) is 6.60. The number of benzene rings is 3. The van der Waals surface area contributed by atoms with Crippen molar-refractivity contribution >= 4 is 35.2 Å². The van der Waals surface area contributed by atoms with Gasteiger partial charge in [-0.15, -0.1) is 10.2 Å². The first-order valence-electron chi connectivity index (χ1n) is 13.3. The summed E-state index contributed by atoms with van der Waals surface area (Å²) in [6.07, 6.45) is 0. The molecule has 11 nitrogen and oxygen atoms in total. The fourth-order valence-electron chi connectivity index (χ4n) is 3.75. The fraction of sp³-hybridized carbons (Fsp3) is 0.233. The van der Waals surface area contributed by atoms with Crippen molar-refractivity contribution in [3.05, 3.63) is 90.3 Å². The van der Waals surface area contributed by atoms with Crippen molar-refractivity contribution in [2.45, 2.75) is 25.5 Å². The van der Waals surface area contributed by atoms with Crippen LogP contribution in [0.15, 0.2) is 84.0 Å². The van der Waals surface area contributed by atoms with Crippen LogP contribution in [0, 0.1) is 0 Å². The van der Waals surface area contributed by atoms with E-state index < -0.39 is 5.97 Å². The molecule has 0 bridgehead atoms. The molecule has 42 heavy (non-hydrogen) atoms. The number of aromatic nitrogens is 3. The number of anilines is 1. The van der Waals surface area contributed by atoms with E-state index >= 15 is 0 Å². The maximum Gasteiger partial charge on any atom is 0.338 e. The number of ether oxygens (including phenoxy) is 3. The molecular weight excluding hydrogens is 558 g/mol. The minimum absolute atomic E-state index is 0.0477. The molecule has 2 N–H and O–H groups in total. The number of rotatable bonds is 14. The van der Waals surface area contributed by atoms with Crippen LogP contribution in [0.3, 0.4) is 0 Å². The minimum Gasteiger partial charge on any atom is -0.494 e. The van der Waals surface area contributed by atoms with E-state index in [1.807, 2.05) is 49.4 Å². The summed E-state index contributed by atoms with van der Waals surface area (Å²) < 4.78 is 17.8. The molecule has 12 heteroatoms. The van der Waals surface area contributed by atoms with E-state index in [0.717, 1.165) is 5.69 Å². The van der Waals surface area contributed by atoms with Gasteiger partial charge in [0, 0.05) is 11.4 Å². The number of hydrogen-bond donors (Lipinski definition) is 2. The van der Waals surface area contributed by atoms with Crippen LogP contribution >= 0.6 is 11.8 Å². The number of carbonyl (C=O) groups excluding carboxylic acids is 3. The third-order valence-electron chi connectivity index (χ3n) is 5.68. The molecule has 1 heterocycles. The van der Waals surface area contributed by atoms with Gasteiger partial charge in [-0.2, -0.15) is 0 Å². The molecule has 0 atom stereocenters. The molecule has 0 saturated carbocycles. The summed E-state index contributed by atoms with van der Waals surface area (Å²) in [6.45, 7) is 4.41. The van der Waals surface area contributed by atoms with Crippen LogP contribution < -0.4 is 20.1 Å². The Morgan fingerprint density at radius 1 is 0.810 bits per heavy atom. The largest absolute Gasteiger partial charge is 0.494 e. The van der Waals surface area contributed by atoms with Crippen molar-refractivity contribution in [2.75, 3.05) is 30.9 Å². The van der Waals surface area contributed by atoms with Gasteiger partial charge in [0.05, 0.1) is 31.1 Å². The Hall–Kier alpha value is -4.84. The Balaban J connectivity index is 1.41. The third kappa shape index (κ3) is 8.58. The van der Waals surface area contributed by atoms with Crippen LogP contribution in [0.2, 0.25) is 0 Å². The van der Waals surface area contributed by atoms with Crippen LogP contribution in [0.25, 0.3) is 5.69 Å². The average Bonchev–Trinajstić information content (AvgIpc) is 3.42. The fourth-order valence-corrected chi connectivity index (χ4v) is 4.52. The molecule has 0 radical (unpaired) electrons. The molecule has 0 unspecified atom stereocenters. The first-order chi connectivity index (χ1) is 20.5. The molecule has 3 aromatic carbocycles. The zero-order chi connectivity index (χ0) is 29.7. The van der Waals surface area contributed by atoms with Gasteiger partial charge in [-0.25, -0.2) is 4.79 Å². The zero-order valence-electron chi connectivity index (χ0n) is 23.2. The van der Waals surface area contributed by atoms with Gasteiger partial charge in [-0.3, -0.25) is 14.2 Å². The predicted molar refractivity (Wildman–Crippen MR) is 158 cm³/mol. The zero-order valence-corrected chi connectivity index (χ0v) is 24.1. The number of carbonyl (C=O) groups is 3. The van der Waals surface area contributed by atoms with E-state index in [9.17, 15) is 14.4 Å². The van der Waals surface area contributed by atoms with Crippen molar-refractivity contribution < 1.29 is 28.6 Å². The molecule has 0 aliphatic carbocycles. The monoisotopic (exact) mass is 589 g/mol. The molecule has 0 aliphatic rings. The number of amides is 2. The number of nitrogens with zero attached hydrogens (tertiary/aromatic N) is 3. The lowest BCUT2D eigenvalue weighted by Gasteiger charge is -2.12. The van der Waals surface area contributed by atoms with Crippen LogP contribution in [-0.4, -0.2) is 58.1 Å². The van der Waals surface area contributed by atoms with Crippen molar-refractivity contribution in [1.29, 1.82) is 0 Å². The van der Waals surface area contributed by atoms with Crippen LogP contribution in [0.1, 0.15) is 30.0 Å². The van der Waals surface area contributed by atoms with Crippen molar-refractivity contribution in [3.63, 3.8) is 0 Å². The average molecular weight is 590 g/mol. The van der Waals surface area contributed by atoms with E-state index in [1.54, 1.807) is 47.9 Å². The Morgan fingerprint density at radius 3 is 2.21 bits per heavy atom. The first kappa shape index (κ1) is 30.1. The highest BCUT2D eigenvalue weighted by atomic mass is 32.2. The summed E-state index contributed by atoms with van der Waals surface area (Å²) >= 11 is 1.20. The Kier molecular flexibility index (Phi) is 10.9. The molecule has 2 amide bonds. The number of nitrogens with one attached hydrogen (secondary N) is 2. The molecule has 1 aromatic heterocycles. The quantitative estimate of drug-likeness (QED) is 0.163. The molecule has 0 saturated heterocycles. The second-order valence-electron chi connectivity index (χ2n) is 8.67. The maximum atomic E-state index is 12.7. The molecular formula is C30H31N5O6S. The molecule has 218 valence electrons. The lowest BCUT2D eigenvalue weighted by Crippen LogP contribution is -2.29. The molecule has 4 rings (SSSR count). The van der Waals surface area contributed by atoms with Gasteiger partial charge in [0.2, 0.25) is 5.91 Å². The van der Waals surface area contributed by atoms with E-state index in [0.29, 0.717) is 40.3 Å². The predicted octanol–water partition coefficient (Wildman–Crippen LogP) is 4.27. The summed E-state index contributed by atoms with van der Waals surface area (Å²) in [5, 5.41) is 14.6. The van der Waals surface area contributed by atoms with E-state index in [2.05, 4.69) is 20.8 Å². The number of hydrogen-bond acceptors (Lipinski definition) is 9. The van der Waals surface area contributed by atoms with Gasteiger partial charge in [-0.1, -0.05) is 30.0 Å². The van der Waals surface area contributed by atoms with Gasteiger partial charge in [0.15, 0.2) is 17.6 Å². The second-order valence-corrected chi connectivity index (χ2v) is 9.62. The molecule has 0 fully saturated rings. The summed E-state index contributed by atoms with van der Waals surface area (Å²) in [4.78, 5) is 37.0. The Labute approximate surface area is 247 Å². The van der Waals surface area contributed by atoms with Crippen molar-refractivity contribution in [3.8, 4) is 17.2 Å². The Morgan fingerprint density at radius 2 is 1.52 bits per heavy atom. The van der Waals surface area contributed by atoms with Crippen molar-refractivity contribution in [2.24, 2.45) is 0 Å². The highest BCUT2D eigenvalue weighted by molar-refractivity contribution is 7.99. The lowest BCUT2D eigenvalue weighted by atomic mass is 10.2. The highest BCUT2D eigenvalue weighted by Crippen LogP contribution is 2.24. The normalized spacial score (nSPS) is 10.5. The van der Waals surface area contributed by atoms with Gasteiger partial charge in [-0.05, 0) is 74.5 Å². The summed E-state index contributed by atoms with van der Waals surface area (Å²) in [6, 6.07) is 22.9. The van der Waals surface area contributed by atoms with E-state index in [1.165, 1.54) is 11.8 Å². The Bertz CT molecular complexity index is 1480. The summed E-state index contributed by atoms with van der Waals surface area (Å²) in [5.74, 6) is 0.828. The van der Waals surface area contributed by atoms with Crippen molar-refractivity contribution in [1.82, 2.24) is 20.1 Å². The number of para-hydroxylation sites is 1. The van der Waals surface area contributed by atoms with Gasteiger partial charge >= 0.3 is 5.97 Å². The standard InChI is InChI=1S/C30H31N5O6S/c1-3-39-25-16-14-23(15-17-25)35-26(18-31-27(36)19-41-24-8-6-5-7-9-24)33-34-30(35)42-20-28(37)32-22-12-10-21(11-13-22)29(38)40-4-2/h5-17H,3-4,18-20H2,1-2H3,(H,31,36)(H,32,37). The molecule has 0 spiro atoms. The number of esters is 1. The molecule has 0 aliphatic heterocycles. The van der Waals surface area contributed by atoms with Gasteiger partial charge in [0.25, 0.3) is 5.91 Å². The van der Waals surface area contributed by atoms with E-state index in [4.69, 9.17) is 14.2 Å². The minimum atomic E-state index is -0.421. The van der Waals surface area contributed by atoms with Gasteiger partial charge in [0.1, 0.15) is 11.5 Å². The van der Waals surface area contributed by atoms with Gasteiger partial charge < -0.3 is 24.8 Å². The van der Waals surface area contributed by atoms with E-state index in [-0.39, 0.29) is 37.3 Å². The topological polar surface area (TPSA) is 134 Å². The highest BCUT2D eigenvalue weighted by Gasteiger charge is 2.17. The second kappa shape index (κ2) is 15.2. The summed E-state index contributed by atoms with van der Waals surface area (Å²) in [5.41, 5.74) is 1.69. The van der Waals surface area contributed by atoms with Crippen LogP contribution in [0.4, 0.5) is 5.69 Å². The smallest absolute Gasteiger partial charge is 0.338 e. The van der Waals surface area contributed by atoms with Crippen LogP contribution in [-0.2, 0) is 20.9 Å².